The Kier molecular flexibility index (Phi) is 2.97. The second-order valence-corrected chi connectivity index (χ2v) is 3.71. The Bertz CT molecular complexity index is 405. The standard InChI is InChI=1S/C13H14O2/c14-9-2-1-4-10-5-3-6-12-11(10)7-8-13(12)15/h1,3-6,14H,2,7-9H2. The molecule has 0 atom stereocenters. The molecule has 0 saturated carbocycles. The maximum Gasteiger partial charge on any atom is 0.163 e. The molecular weight excluding hydrogens is 188 g/mol. The minimum absolute atomic E-state index is 0.171. The second-order valence-electron chi connectivity index (χ2n) is 3.71. The zero-order valence-electron chi connectivity index (χ0n) is 8.57. The van der Waals surface area contributed by atoms with Crippen molar-refractivity contribution in [2.75, 3.05) is 6.61 Å². The van der Waals surface area contributed by atoms with Gasteiger partial charge >= 0.3 is 0 Å². The summed E-state index contributed by atoms with van der Waals surface area (Å²) < 4.78 is 0. The van der Waals surface area contributed by atoms with Gasteiger partial charge in [0, 0.05) is 18.6 Å². The predicted molar refractivity (Wildman–Crippen MR) is 59.8 cm³/mol. The Labute approximate surface area is 89.2 Å². The van der Waals surface area contributed by atoms with E-state index in [9.17, 15) is 4.79 Å². The number of aliphatic hydroxyl groups excluding tert-OH is 1. The van der Waals surface area contributed by atoms with Crippen LogP contribution in [0.5, 0.6) is 0 Å². The van der Waals surface area contributed by atoms with E-state index in [-0.39, 0.29) is 12.4 Å². The number of carbonyl (C=O) groups excluding carboxylic acids is 1. The lowest BCUT2D eigenvalue weighted by molar-refractivity contribution is 0.0994. The summed E-state index contributed by atoms with van der Waals surface area (Å²) in [6.07, 6.45) is 6.09. The molecule has 1 aliphatic carbocycles. The van der Waals surface area contributed by atoms with E-state index in [2.05, 4.69) is 0 Å². The molecule has 0 aliphatic heterocycles. The summed E-state index contributed by atoms with van der Waals surface area (Å²) in [6, 6.07) is 5.83. The molecular formula is C13H14O2. The predicted octanol–water partition coefficient (Wildman–Crippen LogP) is 2.21. The van der Waals surface area contributed by atoms with E-state index in [1.165, 1.54) is 0 Å². The largest absolute Gasteiger partial charge is 0.396 e. The van der Waals surface area contributed by atoms with Crippen LogP contribution in [0.1, 0.15) is 34.3 Å². The molecule has 2 heteroatoms. The van der Waals surface area contributed by atoms with Crippen LogP contribution in [0, 0.1) is 0 Å². The molecule has 0 heterocycles. The maximum absolute atomic E-state index is 11.5. The lowest BCUT2D eigenvalue weighted by atomic mass is 10.0. The van der Waals surface area contributed by atoms with Crippen LogP contribution in [-0.4, -0.2) is 17.5 Å². The first-order valence-electron chi connectivity index (χ1n) is 5.25. The zero-order chi connectivity index (χ0) is 10.7. The Morgan fingerprint density at radius 3 is 3.00 bits per heavy atom. The normalized spacial score (nSPS) is 14.9. The van der Waals surface area contributed by atoms with E-state index in [1.807, 2.05) is 30.4 Å². The summed E-state index contributed by atoms with van der Waals surface area (Å²) in [6.45, 7) is 0.171. The smallest absolute Gasteiger partial charge is 0.163 e. The number of rotatable bonds is 3. The van der Waals surface area contributed by atoms with Crippen LogP contribution in [0.15, 0.2) is 24.3 Å². The molecule has 78 valence electrons. The highest BCUT2D eigenvalue weighted by atomic mass is 16.2. The van der Waals surface area contributed by atoms with Crippen molar-refractivity contribution in [1.29, 1.82) is 0 Å². The van der Waals surface area contributed by atoms with Gasteiger partial charge in [0.2, 0.25) is 0 Å². The number of fused-ring (bicyclic) bond motifs is 1. The minimum Gasteiger partial charge on any atom is -0.396 e. The molecule has 0 radical (unpaired) electrons. The molecule has 15 heavy (non-hydrogen) atoms. The fraction of sp³-hybridized carbons (Fsp3) is 0.308. The van der Waals surface area contributed by atoms with Gasteiger partial charge in [0.15, 0.2) is 5.78 Å². The molecule has 0 saturated heterocycles. The van der Waals surface area contributed by atoms with Crippen LogP contribution >= 0.6 is 0 Å². The molecule has 1 aromatic rings. The van der Waals surface area contributed by atoms with Crippen molar-refractivity contribution in [1.82, 2.24) is 0 Å². The van der Waals surface area contributed by atoms with Crippen LogP contribution < -0.4 is 0 Å². The third-order valence-electron chi connectivity index (χ3n) is 2.71. The topological polar surface area (TPSA) is 37.3 Å². The molecule has 0 spiro atoms. The first-order valence-corrected chi connectivity index (χ1v) is 5.25. The van der Waals surface area contributed by atoms with Gasteiger partial charge in [-0.3, -0.25) is 4.79 Å². The number of aliphatic hydroxyl groups is 1. The van der Waals surface area contributed by atoms with Crippen LogP contribution in [0.2, 0.25) is 0 Å². The monoisotopic (exact) mass is 202 g/mol. The molecule has 1 N–H and O–H groups in total. The summed E-state index contributed by atoms with van der Waals surface area (Å²) in [7, 11) is 0. The fourth-order valence-electron chi connectivity index (χ4n) is 1.96. The molecule has 2 rings (SSSR count). The molecule has 0 bridgehead atoms. The first-order chi connectivity index (χ1) is 7.33. The Morgan fingerprint density at radius 1 is 1.33 bits per heavy atom. The molecule has 0 fully saturated rings. The minimum atomic E-state index is 0.171. The lowest BCUT2D eigenvalue weighted by Crippen LogP contribution is -1.91. The highest BCUT2D eigenvalue weighted by Crippen LogP contribution is 2.26. The van der Waals surface area contributed by atoms with Crippen LogP contribution in [-0.2, 0) is 6.42 Å². The lowest BCUT2D eigenvalue weighted by Gasteiger charge is -2.02. The SMILES string of the molecule is O=C1CCc2c(C=CCCO)cccc21. The van der Waals surface area contributed by atoms with E-state index >= 15 is 0 Å². The van der Waals surface area contributed by atoms with Crippen molar-refractivity contribution in [3.8, 4) is 0 Å². The van der Waals surface area contributed by atoms with Crippen LogP contribution in [0.3, 0.4) is 0 Å². The summed E-state index contributed by atoms with van der Waals surface area (Å²) in [4.78, 5) is 11.5. The molecule has 0 aromatic heterocycles. The summed E-state index contributed by atoms with van der Waals surface area (Å²) >= 11 is 0. The van der Waals surface area contributed by atoms with Gasteiger partial charge < -0.3 is 5.11 Å². The van der Waals surface area contributed by atoms with E-state index in [1.54, 1.807) is 0 Å². The van der Waals surface area contributed by atoms with Crippen molar-refractivity contribution >= 4 is 11.9 Å². The molecule has 2 nitrogen and oxygen atoms in total. The molecule has 1 aromatic carbocycles. The highest BCUT2D eigenvalue weighted by Gasteiger charge is 2.20. The molecule has 0 unspecified atom stereocenters. The number of hydrogen-bond donors (Lipinski definition) is 1. The number of hydrogen-bond acceptors (Lipinski definition) is 2. The van der Waals surface area contributed by atoms with E-state index in [0.29, 0.717) is 12.8 Å². The fourth-order valence-corrected chi connectivity index (χ4v) is 1.96. The number of carbonyl (C=O) groups is 1. The molecule has 1 aliphatic rings. The van der Waals surface area contributed by atoms with Crippen molar-refractivity contribution in [2.24, 2.45) is 0 Å². The van der Waals surface area contributed by atoms with E-state index < -0.39 is 0 Å². The zero-order valence-corrected chi connectivity index (χ0v) is 8.57. The highest BCUT2D eigenvalue weighted by molar-refractivity contribution is 6.01. The van der Waals surface area contributed by atoms with Crippen molar-refractivity contribution in [2.45, 2.75) is 19.3 Å². The summed E-state index contributed by atoms with van der Waals surface area (Å²) in [5, 5.41) is 8.67. The van der Waals surface area contributed by atoms with Gasteiger partial charge in [-0.25, -0.2) is 0 Å². The average Bonchev–Trinajstić information content (AvgIpc) is 2.62. The first kappa shape index (κ1) is 10.1. The summed E-state index contributed by atoms with van der Waals surface area (Å²) in [5.74, 6) is 0.252. The van der Waals surface area contributed by atoms with Gasteiger partial charge in [0.25, 0.3) is 0 Å². The second kappa shape index (κ2) is 4.41. The number of Topliss-reactive ketones (excluding diaryl/α,β-unsaturated/α-hetero) is 1. The van der Waals surface area contributed by atoms with E-state index in [0.717, 1.165) is 23.1 Å². The van der Waals surface area contributed by atoms with E-state index in [4.69, 9.17) is 5.11 Å². The number of ketones is 1. The van der Waals surface area contributed by atoms with Crippen molar-refractivity contribution < 1.29 is 9.90 Å². The van der Waals surface area contributed by atoms with Crippen LogP contribution in [0.25, 0.3) is 6.08 Å². The maximum atomic E-state index is 11.5. The quantitative estimate of drug-likeness (QED) is 0.816. The van der Waals surface area contributed by atoms with Crippen molar-refractivity contribution in [3.05, 3.63) is 41.0 Å². The molecule has 0 amide bonds. The van der Waals surface area contributed by atoms with Gasteiger partial charge in [-0.1, -0.05) is 30.4 Å². The Morgan fingerprint density at radius 2 is 2.20 bits per heavy atom. The Balaban J connectivity index is 2.30. The average molecular weight is 202 g/mol. The third kappa shape index (κ3) is 2.00. The van der Waals surface area contributed by atoms with Gasteiger partial charge in [0.05, 0.1) is 0 Å². The van der Waals surface area contributed by atoms with Gasteiger partial charge in [-0.05, 0) is 24.0 Å². The number of benzene rings is 1. The van der Waals surface area contributed by atoms with Crippen molar-refractivity contribution in [3.63, 3.8) is 0 Å². The third-order valence-corrected chi connectivity index (χ3v) is 2.71. The van der Waals surface area contributed by atoms with Crippen LogP contribution in [0.4, 0.5) is 0 Å². The summed E-state index contributed by atoms with van der Waals surface area (Å²) in [5.41, 5.74) is 3.16. The van der Waals surface area contributed by atoms with Gasteiger partial charge in [-0.15, -0.1) is 0 Å². The van der Waals surface area contributed by atoms with Gasteiger partial charge in [0.1, 0.15) is 0 Å². The Hall–Kier alpha value is -1.41. The van der Waals surface area contributed by atoms with Gasteiger partial charge in [-0.2, -0.15) is 0 Å².